The molecule has 0 fully saturated rings. The van der Waals surface area contributed by atoms with Crippen LogP contribution in [0.3, 0.4) is 0 Å². The van der Waals surface area contributed by atoms with Crippen LogP contribution in [0.4, 0.5) is 8.78 Å². The van der Waals surface area contributed by atoms with Crippen molar-refractivity contribution in [2.45, 2.75) is 12.5 Å². The first-order valence-electron chi connectivity index (χ1n) is 6.28. The summed E-state index contributed by atoms with van der Waals surface area (Å²) in [4.78, 5) is 0. The summed E-state index contributed by atoms with van der Waals surface area (Å²) >= 11 is 3.20. The van der Waals surface area contributed by atoms with E-state index in [4.69, 9.17) is 10.6 Å². The average Bonchev–Trinajstić information content (AvgIpc) is 2.45. The first-order valence-corrected chi connectivity index (χ1v) is 7.08. The number of ether oxygens (including phenoxy) is 1. The van der Waals surface area contributed by atoms with Crippen LogP contribution in [0.1, 0.15) is 17.2 Å². The number of hydrazine groups is 1. The highest BCUT2D eigenvalue weighted by Crippen LogP contribution is 2.25. The van der Waals surface area contributed by atoms with E-state index in [0.717, 1.165) is 0 Å². The molecule has 0 aliphatic carbocycles. The average molecular weight is 357 g/mol. The zero-order valence-electron chi connectivity index (χ0n) is 11.4. The summed E-state index contributed by atoms with van der Waals surface area (Å²) in [6.45, 7) is 0. The number of methoxy groups -OCH3 is 1. The smallest absolute Gasteiger partial charge is 0.165 e. The minimum Gasteiger partial charge on any atom is -0.494 e. The van der Waals surface area contributed by atoms with Crippen molar-refractivity contribution < 1.29 is 13.5 Å². The zero-order valence-corrected chi connectivity index (χ0v) is 13.0. The Morgan fingerprint density at radius 3 is 2.52 bits per heavy atom. The summed E-state index contributed by atoms with van der Waals surface area (Å²) in [6.07, 6.45) is 0.357. The van der Waals surface area contributed by atoms with Gasteiger partial charge in [-0.2, -0.15) is 0 Å². The molecular formula is C15H15BrF2N2O. The monoisotopic (exact) mass is 356 g/mol. The highest BCUT2D eigenvalue weighted by atomic mass is 79.9. The molecule has 2 aromatic carbocycles. The van der Waals surface area contributed by atoms with Crippen molar-refractivity contribution in [3.8, 4) is 5.75 Å². The lowest BCUT2D eigenvalue weighted by molar-refractivity contribution is 0.386. The van der Waals surface area contributed by atoms with Gasteiger partial charge in [0.05, 0.1) is 13.2 Å². The van der Waals surface area contributed by atoms with Crippen LogP contribution in [0.15, 0.2) is 40.9 Å². The molecule has 0 bridgehead atoms. The van der Waals surface area contributed by atoms with E-state index in [9.17, 15) is 8.78 Å². The Kier molecular flexibility index (Phi) is 5.27. The number of rotatable bonds is 5. The maximum atomic E-state index is 14.0. The van der Waals surface area contributed by atoms with Gasteiger partial charge in [-0.3, -0.25) is 11.3 Å². The Morgan fingerprint density at radius 1 is 1.19 bits per heavy atom. The summed E-state index contributed by atoms with van der Waals surface area (Å²) in [6, 6.07) is 8.92. The van der Waals surface area contributed by atoms with Crippen LogP contribution in [0, 0.1) is 11.6 Å². The lowest BCUT2D eigenvalue weighted by Gasteiger charge is -2.17. The highest BCUT2D eigenvalue weighted by Gasteiger charge is 2.16. The van der Waals surface area contributed by atoms with Gasteiger partial charge in [0.1, 0.15) is 5.82 Å². The fourth-order valence-electron chi connectivity index (χ4n) is 2.12. The number of halogens is 3. The Labute approximate surface area is 130 Å². The van der Waals surface area contributed by atoms with Gasteiger partial charge in [0.25, 0.3) is 0 Å². The molecule has 21 heavy (non-hydrogen) atoms. The van der Waals surface area contributed by atoms with Crippen LogP contribution in [0.25, 0.3) is 0 Å². The van der Waals surface area contributed by atoms with E-state index in [1.807, 2.05) is 0 Å². The molecule has 112 valence electrons. The largest absolute Gasteiger partial charge is 0.494 e. The third-order valence-electron chi connectivity index (χ3n) is 3.20. The standard InChI is InChI=1S/C15H15BrF2N2O/c1-21-15-5-2-9(6-13(15)18)7-14(20-19)11-4-3-10(16)8-12(11)17/h2-6,8,14,20H,7,19H2,1H3. The van der Waals surface area contributed by atoms with Gasteiger partial charge in [0, 0.05) is 10.0 Å². The molecule has 0 heterocycles. The molecule has 0 spiro atoms. The molecule has 0 aliphatic rings. The Morgan fingerprint density at radius 2 is 1.95 bits per heavy atom. The Bertz CT molecular complexity index is 637. The normalized spacial score (nSPS) is 12.2. The minimum atomic E-state index is -0.456. The van der Waals surface area contributed by atoms with Crippen LogP contribution >= 0.6 is 15.9 Å². The fourth-order valence-corrected chi connectivity index (χ4v) is 2.45. The lowest BCUT2D eigenvalue weighted by Crippen LogP contribution is -2.30. The quantitative estimate of drug-likeness (QED) is 0.636. The van der Waals surface area contributed by atoms with E-state index >= 15 is 0 Å². The molecule has 0 saturated heterocycles. The SMILES string of the molecule is COc1ccc(CC(NN)c2ccc(Br)cc2F)cc1F. The second-order valence-corrected chi connectivity index (χ2v) is 5.47. The predicted octanol–water partition coefficient (Wildman–Crippen LogP) is 3.48. The molecule has 2 aromatic rings. The summed E-state index contributed by atoms with van der Waals surface area (Å²) < 4.78 is 33.2. The number of nitrogens with two attached hydrogens (primary N) is 1. The molecule has 3 N–H and O–H groups in total. The van der Waals surface area contributed by atoms with E-state index in [2.05, 4.69) is 21.4 Å². The third kappa shape index (κ3) is 3.78. The van der Waals surface area contributed by atoms with Gasteiger partial charge in [-0.05, 0) is 36.2 Å². The van der Waals surface area contributed by atoms with E-state index in [0.29, 0.717) is 22.0 Å². The van der Waals surface area contributed by atoms with Gasteiger partial charge in [-0.25, -0.2) is 8.78 Å². The molecule has 0 amide bonds. The number of benzene rings is 2. The Balaban J connectivity index is 2.24. The summed E-state index contributed by atoms with van der Waals surface area (Å²) in [7, 11) is 1.40. The maximum absolute atomic E-state index is 14.0. The van der Waals surface area contributed by atoms with Gasteiger partial charge in [0.15, 0.2) is 11.6 Å². The Hall–Kier alpha value is -1.50. The molecule has 1 unspecified atom stereocenters. The number of hydrogen-bond donors (Lipinski definition) is 2. The molecule has 0 aromatic heterocycles. The maximum Gasteiger partial charge on any atom is 0.165 e. The van der Waals surface area contributed by atoms with Gasteiger partial charge < -0.3 is 4.74 Å². The molecule has 6 heteroatoms. The van der Waals surface area contributed by atoms with Crippen molar-refractivity contribution in [3.05, 3.63) is 63.6 Å². The molecule has 3 nitrogen and oxygen atoms in total. The summed E-state index contributed by atoms with van der Waals surface area (Å²) in [5.74, 6) is 4.85. The van der Waals surface area contributed by atoms with E-state index in [1.165, 1.54) is 25.3 Å². The second kappa shape index (κ2) is 6.98. The molecule has 0 aliphatic heterocycles. The van der Waals surface area contributed by atoms with E-state index in [1.54, 1.807) is 18.2 Å². The van der Waals surface area contributed by atoms with Crippen molar-refractivity contribution in [2.75, 3.05) is 7.11 Å². The van der Waals surface area contributed by atoms with Crippen molar-refractivity contribution >= 4 is 15.9 Å². The van der Waals surface area contributed by atoms with Crippen LogP contribution in [-0.2, 0) is 6.42 Å². The van der Waals surface area contributed by atoms with Gasteiger partial charge in [-0.1, -0.05) is 28.1 Å². The van der Waals surface area contributed by atoms with Gasteiger partial charge in [-0.15, -0.1) is 0 Å². The number of nitrogens with one attached hydrogen (secondary N) is 1. The summed E-state index contributed by atoms with van der Waals surface area (Å²) in [5, 5.41) is 0. The highest BCUT2D eigenvalue weighted by molar-refractivity contribution is 9.10. The predicted molar refractivity (Wildman–Crippen MR) is 80.8 cm³/mol. The van der Waals surface area contributed by atoms with Gasteiger partial charge >= 0.3 is 0 Å². The van der Waals surface area contributed by atoms with Crippen LogP contribution in [-0.4, -0.2) is 7.11 Å². The first-order chi connectivity index (χ1) is 10.0. The van der Waals surface area contributed by atoms with Crippen molar-refractivity contribution in [2.24, 2.45) is 5.84 Å². The topological polar surface area (TPSA) is 47.3 Å². The van der Waals surface area contributed by atoms with Crippen LogP contribution in [0.2, 0.25) is 0 Å². The number of hydrogen-bond acceptors (Lipinski definition) is 3. The fraction of sp³-hybridized carbons (Fsp3) is 0.200. The molecule has 0 saturated carbocycles. The van der Waals surface area contributed by atoms with Gasteiger partial charge in [0.2, 0.25) is 0 Å². The zero-order chi connectivity index (χ0) is 15.4. The second-order valence-electron chi connectivity index (χ2n) is 4.56. The first kappa shape index (κ1) is 15.9. The van der Waals surface area contributed by atoms with Crippen molar-refractivity contribution in [1.29, 1.82) is 0 Å². The minimum absolute atomic E-state index is 0.172. The molecule has 2 rings (SSSR count). The molecular weight excluding hydrogens is 342 g/mol. The van der Waals surface area contributed by atoms with Crippen molar-refractivity contribution in [3.63, 3.8) is 0 Å². The lowest BCUT2D eigenvalue weighted by atomic mass is 9.99. The van der Waals surface area contributed by atoms with Crippen LogP contribution in [0.5, 0.6) is 5.75 Å². The van der Waals surface area contributed by atoms with E-state index in [-0.39, 0.29) is 11.6 Å². The van der Waals surface area contributed by atoms with E-state index < -0.39 is 11.9 Å². The summed E-state index contributed by atoms with van der Waals surface area (Å²) in [5.41, 5.74) is 3.69. The van der Waals surface area contributed by atoms with Crippen LogP contribution < -0.4 is 16.0 Å². The molecule has 0 radical (unpaired) electrons. The third-order valence-corrected chi connectivity index (χ3v) is 3.69. The molecule has 1 atom stereocenters. The van der Waals surface area contributed by atoms with Crippen molar-refractivity contribution in [1.82, 2.24) is 5.43 Å².